The lowest BCUT2D eigenvalue weighted by molar-refractivity contribution is -0.106. The third kappa shape index (κ3) is 68.7. The molecule has 0 aliphatic heterocycles. The van der Waals surface area contributed by atoms with Gasteiger partial charge in [0, 0.05) is 35.5 Å². The van der Waals surface area contributed by atoms with Crippen LogP contribution in [0, 0.1) is 0 Å². The highest BCUT2D eigenvalue weighted by molar-refractivity contribution is 5.60. The van der Waals surface area contributed by atoms with Crippen LogP contribution >= 0.6 is 0 Å². The summed E-state index contributed by atoms with van der Waals surface area (Å²) < 4.78 is 88.0. The second-order valence-electron chi connectivity index (χ2n) is 6.63. The summed E-state index contributed by atoms with van der Waals surface area (Å²) in [5.74, 6) is 0. The zero-order valence-corrected chi connectivity index (χ0v) is 29.8. The lowest BCUT2D eigenvalue weighted by Gasteiger charge is -2.02. The maximum atomic E-state index is 10.2. The number of carbonyl (C=O) groups is 5. The molecule has 0 aliphatic carbocycles. The van der Waals surface area contributed by atoms with Gasteiger partial charge in [-0.15, -0.1) is 0 Å². The van der Waals surface area contributed by atoms with Crippen LogP contribution in [0.3, 0.4) is 0 Å². The molecule has 0 fully saturated rings. The van der Waals surface area contributed by atoms with Crippen LogP contribution in [0.25, 0.3) is 0 Å². The van der Waals surface area contributed by atoms with Gasteiger partial charge in [-0.05, 0) is 0 Å². The Balaban J connectivity index is -0.000000123. The van der Waals surface area contributed by atoms with E-state index in [0.717, 1.165) is 0 Å². The Kier molecular flexibility index (Phi) is 64.2. The Morgan fingerprint density at radius 1 is 0.275 bits per heavy atom. The predicted molar refractivity (Wildman–Crippen MR) is 163 cm³/mol. The van der Waals surface area contributed by atoms with Crippen LogP contribution in [0.1, 0.15) is 7.43 Å². The van der Waals surface area contributed by atoms with Crippen molar-refractivity contribution in [2.24, 2.45) is 0 Å². The summed E-state index contributed by atoms with van der Waals surface area (Å²) in [4.78, 5) is 51.0. The van der Waals surface area contributed by atoms with Crippen molar-refractivity contribution in [1.29, 1.82) is 0 Å². The molecule has 0 bridgehead atoms. The van der Waals surface area contributed by atoms with Gasteiger partial charge in [0.25, 0.3) is 0 Å². The standard InChI is InChI=1S/5C5H10O5.CH4/c5*1-7-3-9-4-10-5(6)8-2;/h5*3-4H2,1-2H3;1H4. The fraction of sp³-hybridized carbons (Fsp3) is 0.808. The molecule has 0 amide bonds. The van der Waals surface area contributed by atoms with Gasteiger partial charge in [-0.1, -0.05) is 7.43 Å². The minimum atomic E-state index is -0.767. The first-order valence-electron chi connectivity index (χ1n) is 12.9. The Morgan fingerprint density at radius 2 is 0.412 bits per heavy atom. The van der Waals surface area contributed by atoms with E-state index in [1.165, 1.54) is 71.1 Å². The zero-order chi connectivity index (χ0) is 39.1. The normalized spacial score (nSPS) is 8.82. The number of hydrogen-bond donors (Lipinski definition) is 0. The average Bonchev–Trinajstić information content (AvgIpc) is 3.14. The first-order chi connectivity index (χ1) is 24.0. The summed E-state index contributed by atoms with van der Waals surface area (Å²) in [6, 6.07) is 0. The van der Waals surface area contributed by atoms with Crippen molar-refractivity contribution in [3.05, 3.63) is 0 Å². The maximum absolute atomic E-state index is 10.2. The number of rotatable bonds is 20. The highest BCUT2D eigenvalue weighted by atomic mass is 16.8. The van der Waals surface area contributed by atoms with Crippen LogP contribution in [0.5, 0.6) is 0 Å². The second-order valence-corrected chi connectivity index (χ2v) is 6.63. The van der Waals surface area contributed by atoms with Gasteiger partial charge in [0.1, 0.15) is 34.0 Å². The molecule has 308 valence electrons. The van der Waals surface area contributed by atoms with E-state index in [1.807, 2.05) is 0 Å². The van der Waals surface area contributed by atoms with E-state index < -0.39 is 30.8 Å². The van der Waals surface area contributed by atoms with E-state index in [9.17, 15) is 24.0 Å². The van der Waals surface area contributed by atoms with Gasteiger partial charge in [-0.2, -0.15) is 0 Å². The summed E-state index contributed by atoms with van der Waals surface area (Å²) in [7, 11) is 13.5. The molecule has 0 aromatic heterocycles. The van der Waals surface area contributed by atoms with E-state index in [-0.39, 0.29) is 75.4 Å². The van der Waals surface area contributed by atoms with Crippen LogP contribution in [0.4, 0.5) is 24.0 Å². The SMILES string of the molecule is C.COCOCOC(=O)OC.COCOCOC(=O)OC.COCOCOC(=O)OC.COCOCOC(=O)OC.COCOCOC(=O)OC. The fourth-order valence-electron chi connectivity index (χ4n) is 1.33. The molecule has 0 saturated heterocycles. The largest absolute Gasteiger partial charge is 0.510 e. The molecule has 0 saturated carbocycles. The molecule has 0 aliphatic rings. The van der Waals surface area contributed by atoms with Crippen molar-refractivity contribution in [3.63, 3.8) is 0 Å². The Hall–Kier alpha value is -4.05. The molecule has 0 heterocycles. The lowest BCUT2D eigenvalue weighted by atomic mass is 11.2. The van der Waals surface area contributed by atoms with Gasteiger partial charge in [0.15, 0.2) is 34.0 Å². The summed E-state index contributed by atoms with van der Waals surface area (Å²) >= 11 is 0. The molecule has 0 unspecified atom stereocenters. The van der Waals surface area contributed by atoms with Gasteiger partial charge in [-0.25, -0.2) is 24.0 Å². The number of ether oxygens (including phenoxy) is 20. The van der Waals surface area contributed by atoms with Gasteiger partial charge in [0.2, 0.25) is 0 Å². The molecule has 0 rings (SSSR count). The number of hydrogen-bond acceptors (Lipinski definition) is 25. The molecule has 0 spiro atoms. The van der Waals surface area contributed by atoms with E-state index in [1.54, 1.807) is 0 Å². The summed E-state index contributed by atoms with van der Waals surface area (Å²) in [5.41, 5.74) is 0. The highest BCUT2D eigenvalue weighted by Gasteiger charge is 2.00. The number of carbonyl (C=O) groups excluding carboxylic acids is 5. The molecular weight excluding hydrogens is 712 g/mol. The zero-order valence-electron chi connectivity index (χ0n) is 29.8. The molecule has 0 aromatic carbocycles. The third-order valence-electron chi connectivity index (χ3n) is 3.14. The van der Waals surface area contributed by atoms with E-state index >= 15 is 0 Å². The third-order valence-corrected chi connectivity index (χ3v) is 3.14. The fourth-order valence-corrected chi connectivity index (χ4v) is 1.33. The van der Waals surface area contributed by atoms with Crippen molar-refractivity contribution >= 4 is 30.8 Å². The van der Waals surface area contributed by atoms with Crippen molar-refractivity contribution in [2.45, 2.75) is 7.43 Å². The maximum Gasteiger partial charge on any atom is 0.510 e. The van der Waals surface area contributed by atoms with Gasteiger partial charge >= 0.3 is 30.8 Å². The first-order valence-corrected chi connectivity index (χ1v) is 12.9. The van der Waals surface area contributed by atoms with E-state index in [4.69, 9.17) is 0 Å². The molecule has 25 nitrogen and oxygen atoms in total. The highest BCUT2D eigenvalue weighted by Crippen LogP contribution is 1.86. The molecular formula is C26H54O25. The monoisotopic (exact) mass is 766 g/mol. The first kappa shape index (κ1) is 59.1. The molecule has 0 atom stereocenters. The minimum Gasteiger partial charge on any atom is -0.438 e. The van der Waals surface area contributed by atoms with Crippen molar-refractivity contribution in [1.82, 2.24) is 0 Å². The van der Waals surface area contributed by atoms with Crippen LogP contribution in [0.15, 0.2) is 0 Å². The second kappa shape index (κ2) is 55.4. The van der Waals surface area contributed by atoms with Gasteiger partial charge in [-0.3, -0.25) is 0 Å². The topological polar surface area (TPSA) is 270 Å². The Labute approximate surface area is 296 Å². The minimum absolute atomic E-state index is 0. The molecule has 25 heteroatoms. The molecule has 51 heavy (non-hydrogen) atoms. The van der Waals surface area contributed by atoms with E-state index in [2.05, 4.69) is 94.7 Å². The van der Waals surface area contributed by atoms with Crippen LogP contribution in [0.2, 0.25) is 0 Å². The summed E-state index contributed by atoms with van der Waals surface area (Å²) in [6.07, 6.45) is -3.84. The Morgan fingerprint density at radius 3 is 0.510 bits per heavy atom. The average molecular weight is 767 g/mol. The van der Waals surface area contributed by atoms with Crippen molar-refractivity contribution in [2.75, 3.05) is 139 Å². The summed E-state index contributed by atoms with van der Waals surface area (Å²) in [5, 5.41) is 0. The molecule has 0 N–H and O–H groups in total. The van der Waals surface area contributed by atoms with Crippen molar-refractivity contribution in [3.8, 4) is 0 Å². The molecule has 0 aromatic rings. The van der Waals surface area contributed by atoms with Crippen LogP contribution in [-0.4, -0.2) is 170 Å². The quantitative estimate of drug-likeness (QED) is 0.0744. The smallest absolute Gasteiger partial charge is 0.438 e. The summed E-state index contributed by atoms with van der Waals surface area (Å²) in [6.45, 7) is -0.290. The van der Waals surface area contributed by atoms with Crippen molar-refractivity contribution < 1.29 is 119 Å². The Bertz CT molecular complexity index is 600. The predicted octanol–water partition coefficient (Wildman–Crippen LogP) is 2.37. The van der Waals surface area contributed by atoms with E-state index in [0.29, 0.717) is 0 Å². The van der Waals surface area contributed by atoms with Gasteiger partial charge in [0.05, 0.1) is 35.5 Å². The lowest BCUT2D eigenvalue weighted by Crippen LogP contribution is -2.09. The van der Waals surface area contributed by atoms with Crippen LogP contribution < -0.4 is 0 Å². The van der Waals surface area contributed by atoms with Gasteiger partial charge < -0.3 is 94.7 Å². The molecule has 0 radical (unpaired) electrons. The number of methoxy groups -OCH3 is 10. The van der Waals surface area contributed by atoms with Crippen LogP contribution in [-0.2, 0) is 94.7 Å².